The molecule has 24 heavy (non-hydrogen) atoms. The normalized spacial score (nSPS) is 10.4. The van der Waals surface area contributed by atoms with Gasteiger partial charge in [0.1, 0.15) is 5.82 Å². The second-order valence-corrected chi connectivity index (χ2v) is 5.14. The lowest BCUT2D eigenvalue weighted by molar-refractivity contribution is 0.0590. The zero-order valence-corrected chi connectivity index (χ0v) is 13.9. The van der Waals surface area contributed by atoms with Crippen LogP contribution in [0.15, 0.2) is 12.1 Å². The molecular weight excluding hydrogens is 339 g/mol. The van der Waals surface area contributed by atoms with Gasteiger partial charge in [0.2, 0.25) is 0 Å². The molecular formula is C15H14ClFN4O3. The van der Waals surface area contributed by atoms with Crippen LogP contribution < -0.4 is 11.1 Å². The summed E-state index contributed by atoms with van der Waals surface area (Å²) in [6.07, 6.45) is 0. The Morgan fingerprint density at radius 2 is 2.00 bits per heavy atom. The maximum Gasteiger partial charge on any atom is 0.357 e. The van der Waals surface area contributed by atoms with Gasteiger partial charge in [0.15, 0.2) is 23.1 Å². The van der Waals surface area contributed by atoms with Gasteiger partial charge >= 0.3 is 5.97 Å². The van der Waals surface area contributed by atoms with Gasteiger partial charge in [0.05, 0.1) is 28.9 Å². The fraction of sp³-hybridized carbons (Fsp3) is 0.200. The summed E-state index contributed by atoms with van der Waals surface area (Å²) in [5.41, 5.74) is 5.28. The molecule has 2 rings (SSSR count). The van der Waals surface area contributed by atoms with E-state index in [-0.39, 0.29) is 39.2 Å². The Bertz CT molecular complexity index is 842. The third-order valence-corrected chi connectivity index (χ3v) is 3.56. The number of nitrogens with zero attached hydrogens (tertiary/aromatic N) is 2. The molecule has 0 spiro atoms. The topological polar surface area (TPSA) is 107 Å². The molecule has 0 saturated heterocycles. The van der Waals surface area contributed by atoms with Crippen LogP contribution in [0.1, 0.15) is 27.8 Å². The summed E-state index contributed by atoms with van der Waals surface area (Å²) in [6.45, 7) is 1.21. The highest BCUT2D eigenvalue weighted by molar-refractivity contribution is 6.33. The number of halogens is 2. The molecule has 1 heterocycles. The highest BCUT2D eigenvalue weighted by Gasteiger charge is 2.24. The van der Waals surface area contributed by atoms with E-state index < -0.39 is 17.6 Å². The molecule has 3 N–H and O–H groups in total. The van der Waals surface area contributed by atoms with Crippen molar-refractivity contribution in [2.24, 2.45) is 0 Å². The third kappa shape index (κ3) is 3.00. The van der Waals surface area contributed by atoms with Gasteiger partial charge in [-0.3, -0.25) is 4.79 Å². The predicted molar refractivity (Wildman–Crippen MR) is 87.7 cm³/mol. The monoisotopic (exact) mass is 352 g/mol. The molecule has 0 radical (unpaired) electrons. The number of ketones is 1. The van der Waals surface area contributed by atoms with E-state index in [1.807, 2.05) is 0 Å². The van der Waals surface area contributed by atoms with E-state index in [1.165, 1.54) is 26.1 Å². The average Bonchev–Trinajstić information content (AvgIpc) is 2.53. The first-order chi connectivity index (χ1) is 11.3. The minimum atomic E-state index is -0.876. The summed E-state index contributed by atoms with van der Waals surface area (Å²) >= 11 is 5.90. The molecule has 0 amide bonds. The first-order valence-corrected chi connectivity index (χ1v) is 7.12. The van der Waals surface area contributed by atoms with Crippen LogP contribution in [0, 0.1) is 5.82 Å². The van der Waals surface area contributed by atoms with E-state index >= 15 is 0 Å². The molecule has 7 nitrogen and oxygen atoms in total. The number of aromatic nitrogens is 2. The predicted octanol–water partition coefficient (Wildman–Crippen LogP) is 2.55. The number of benzene rings is 1. The lowest BCUT2D eigenvalue weighted by atomic mass is 10.1. The molecule has 0 fully saturated rings. The van der Waals surface area contributed by atoms with Crippen LogP contribution >= 0.6 is 11.6 Å². The fourth-order valence-corrected chi connectivity index (χ4v) is 2.38. The second kappa shape index (κ2) is 6.79. The van der Waals surface area contributed by atoms with Crippen LogP contribution in [0.2, 0.25) is 5.02 Å². The molecule has 1 aromatic carbocycles. The molecule has 9 heteroatoms. The lowest BCUT2D eigenvalue weighted by Gasteiger charge is -2.12. The summed E-state index contributed by atoms with van der Waals surface area (Å²) in [6, 6.07) is 2.80. The summed E-state index contributed by atoms with van der Waals surface area (Å²) in [4.78, 5) is 31.5. The zero-order chi connectivity index (χ0) is 18.0. The molecule has 0 atom stereocenters. The first kappa shape index (κ1) is 17.6. The van der Waals surface area contributed by atoms with E-state index in [0.29, 0.717) is 0 Å². The Labute approximate surface area is 142 Å². The number of carbonyl (C=O) groups excluding carboxylic acids is 2. The first-order valence-electron chi connectivity index (χ1n) is 6.74. The van der Waals surface area contributed by atoms with Gasteiger partial charge in [-0.2, -0.15) is 0 Å². The highest BCUT2D eigenvalue weighted by atomic mass is 35.5. The number of rotatable bonds is 4. The Morgan fingerprint density at radius 1 is 1.33 bits per heavy atom. The van der Waals surface area contributed by atoms with Crippen molar-refractivity contribution in [2.75, 3.05) is 25.2 Å². The van der Waals surface area contributed by atoms with Crippen LogP contribution in [0.3, 0.4) is 0 Å². The Balaban J connectivity index is 2.76. The summed E-state index contributed by atoms with van der Waals surface area (Å²) in [7, 11) is 2.63. The molecule has 0 aliphatic heterocycles. The third-order valence-electron chi connectivity index (χ3n) is 3.25. The number of nitrogens with two attached hydrogens (primary N) is 1. The average molecular weight is 353 g/mol. The molecule has 0 aliphatic rings. The van der Waals surface area contributed by atoms with Crippen LogP contribution in [0.4, 0.5) is 15.9 Å². The quantitative estimate of drug-likeness (QED) is 0.643. The number of methoxy groups -OCH3 is 1. The maximum atomic E-state index is 14.6. The van der Waals surface area contributed by atoms with E-state index in [4.69, 9.17) is 17.3 Å². The molecule has 0 saturated carbocycles. The van der Waals surface area contributed by atoms with E-state index in [1.54, 1.807) is 0 Å². The van der Waals surface area contributed by atoms with Crippen LogP contribution in [0.5, 0.6) is 0 Å². The number of carbonyl (C=O) groups is 2. The number of Topliss-reactive ketones (excluding diaryl/α,β-unsaturated/α-hetero) is 1. The SMILES string of the molecule is CNc1c(Cl)ccc(-c2nc(N)c(C(C)=O)c(C(=O)OC)n2)c1F. The van der Waals surface area contributed by atoms with Crippen molar-refractivity contribution in [3.05, 3.63) is 34.2 Å². The van der Waals surface area contributed by atoms with Crippen molar-refractivity contribution in [3.63, 3.8) is 0 Å². The van der Waals surface area contributed by atoms with Gasteiger partial charge in [-0.15, -0.1) is 0 Å². The molecule has 2 aromatic rings. The van der Waals surface area contributed by atoms with Crippen molar-refractivity contribution in [2.45, 2.75) is 6.92 Å². The molecule has 0 aliphatic carbocycles. The zero-order valence-electron chi connectivity index (χ0n) is 13.1. The van der Waals surface area contributed by atoms with E-state index in [9.17, 15) is 14.0 Å². The molecule has 126 valence electrons. The smallest absolute Gasteiger partial charge is 0.357 e. The standard InChI is InChI=1S/C15H14ClFN4O3/c1-6(22)9-12(15(23)24-3)20-14(21-13(9)18)7-4-5-8(16)11(19-2)10(7)17/h4-5,19H,1-3H3,(H2,18,20,21). The van der Waals surface area contributed by atoms with Gasteiger partial charge in [-0.1, -0.05) is 11.6 Å². The second-order valence-electron chi connectivity index (χ2n) is 4.74. The number of esters is 1. The van der Waals surface area contributed by atoms with Gasteiger partial charge in [0, 0.05) is 7.05 Å². The molecule has 0 bridgehead atoms. The van der Waals surface area contributed by atoms with Crippen molar-refractivity contribution >= 4 is 34.9 Å². The minimum absolute atomic E-state index is 0.0318. The number of hydrogen-bond donors (Lipinski definition) is 2. The Kier molecular flexibility index (Phi) is 4.99. The number of nitrogens with one attached hydrogen (secondary N) is 1. The van der Waals surface area contributed by atoms with E-state index in [2.05, 4.69) is 20.0 Å². The van der Waals surface area contributed by atoms with E-state index in [0.717, 1.165) is 7.11 Å². The van der Waals surface area contributed by atoms with Crippen molar-refractivity contribution in [3.8, 4) is 11.4 Å². The lowest BCUT2D eigenvalue weighted by Crippen LogP contribution is -2.16. The maximum absolute atomic E-state index is 14.6. The van der Waals surface area contributed by atoms with Crippen LogP contribution in [-0.2, 0) is 4.74 Å². The number of ether oxygens (including phenoxy) is 1. The number of anilines is 2. The van der Waals surface area contributed by atoms with Crippen molar-refractivity contribution in [1.29, 1.82) is 0 Å². The number of nitrogen functional groups attached to an aromatic ring is 1. The highest BCUT2D eigenvalue weighted by Crippen LogP contribution is 2.32. The summed E-state index contributed by atoms with van der Waals surface area (Å²) in [5.74, 6) is -2.50. The Morgan fingerprint density at radius 3 is 2.54 bits per heavy atom. The van der Waals surface area contributed by atoms with Crippen molar-refractivity contribution in [1.82, 2.24) is 9.97 Å². The van der Waals surface area contributed by atoms with Gasteiger partial charge in [-0.25, -0.2) is 19.2 Å². The van der Waals surface area contributed by atoms with Crippen LogP contribution in [0.25, 0.3) is 11.4 Å². The van der Waals surface area contributed by atoms with Crippen molar-refractivity contribution < 1.29 is 18.7 Å². The van der Waals surface area contributed by atoms with Crippen LogP contribution in [-0.4, -0.2) is 35.9 Å². The largest absolute Gasteiger partial charge is 0.464 e. The minimum Gasteiger partial charge on any atom is -0.464 e. The van der Waals surface area contributed by atoms with Gasteiger partial charge in [0.25, 0.3) is 0 Å². The van der Waals surface area contributed by atoms with Gasteiger partial charge in [-0.05, 0) is 19.1 Å². The molecule has 0 unspecified atom stereocenters. The Hall–Kier alpha value is -2.74. The fourth-order valence-electron chi connectivity index (χ4n) is 2.14. The number of hydrogen-bond acceptors (Lipinski definition) is 7. The molecule has 1 aromatic heterocycles. The summed E-state index contributed by atoms with van der Waals surface area (Å²) in [5, 5.41) is 2.79. The van der Waals surface area contributed by atoms with Gasteiger partial charge < -0.3 is 15.8 Å². The summed E-state index contributed by atoms with van der Waals surface area (Å²) < 4.78 is 19.2.